The number of benzene rings is 2. The summed E-state index contributed by atoms with van der Waals surface area (Å²) < 4.78 is 0. The first-order chi connectivity index (χ1) is 17.4. The van der Waals surface area contributed by atoms with Crippen molar-refractivity contribution in [2.24, 2.45) is 11.5 Å². The summed E-state index contributed by atoms with van der Waals surface area (Å²) in [5, 5.41) is 0. The van der Waals surface area contributed by atoms with Crippen LogP contribution in [0.25, 0.3) is 0 Å². The van der Waals surface area contributed by atoms with Gasteiger partial charge in [-0.2, -0.15) is 0 Å². The SMILES string of the molecule is NC(=O)C(c1ccc2c(c1)C(=O)c1ccc(C(C(N)=O)N3CCCCC3)cc1C2=O)N1CCCCC1. The molecule has 0 spiro atoms. The van der Waals surface area contributed by atoms with Crippen molar-refractivity contribution < 1.29 is 19.2 Å². The average Bonchev–Trinajstić information content (AvgIpc) is 2.88. The van der Waals surface area contributed by atoms with Gasteiger partial charge in [0.25, 0.3) is 0 Å². The molecule has 0 aromatic heterocycles. The van der Waals surface area contributed by atoms with Crippen molar-refractivity contribution in [3.63, 3.8) is 0 Å². The summed E-state index contributed by atoms with van der Waals surface area (Å²) in [4.78, 5) is 55.9. The molecule has 2 aromatic carbocycles. The summed E-state index contributed by atoms with van der Waals surface area (Å²) in [5.41, 5.74) is 14.0. The minimum Gasteiger partial charge on any atom is -0.368 e. The number of nitrogens with two attached hydrogens (primary N) is 2. The van der Waals surface area contributed by atoms with Gasteiger partial charge < -0.3 is 11.5 Å². The van der Waals surface area contributed by atoms with Crippen molar-refractivity contribution in [1.82, 2.24) is 9.80 Å². The van der Waals surface area contributed by atoms with Crippen LogP contribution in [0.5, 0.6) is 0 Å². The van der Waals surface area contributed by atoms with E-state index in [0.717, 1.165) is 64.7 Å². The van der Waals surface area contributed by atoms with Gasteiger partial charge in [0.2, 0.25) is 11.8 Å². The fraction of sp³-hybridized carbons (Fsp3) is 0.429. The molecule has 3 aliphatic rings. The van der Waals surface area contributed by atoms with E-state index >= 15 is 0 Å². The predicted molar refractivity (Wildman–Crippen MR) is 134 cm³/mol. The molecular weight excluding hydrogens is 456 g/mol. The number of rotatable bonds is 6. The van der Waals surface area contributed by atoms with Crippen molar-refractivity contribution >= 4 is 23.4 Å². The Morgan fingerprint density at radius 3 is 1.28 bits per heavy atom. The lowest BCUT2D eigenvalue weighted by Gasteiger charge is -2.33. The highest BCUT2D eigenvalue weighted by atomic mass is 16.2. The van der Waals surface area contributed by atoms with Crippen LogP contribution in [-0.4, -0.2) is 59.4 Å². The van der Waals surface area contributed by atoms with Gasteiger partial charge in [0, 0.05) is 22.3 Å². The third kappa shape index (κ3) is 4.35. The minimum atomic E-state index is -0.636. The quantitative estimate of drug-likeness (QED) is 0.549. The van der Waals surface area contributed by atoms with Gasteiger partial charge in [-0.25, -0.2) is 0 Å². The molecule has 0 bridgehead atoms. The fourth-order valence-corrected chi connectivity index (χ4v) is 5.99. The fourth-order valence-electron chi connectivity index (χ4n) is 5.99. The lowest BCUT2D eigenvalue weighted by Crippen LogP contribution is -2.41. The third-order valence-electron chi connectivity index (χ3n) is 7.75. The van der Waals surface area contributed by atoms with Crippen LogP contribution in [0.2, 0.25) is 0 Å². The standard InChI is InChI=1S/C28H32N4O4/c29-27(35)23(31-11-3-1-4-12-31)17-7-9-19-21(15-17)25(33)20-10-8-18(16-22(20)26(19)34)24(28(30)36)32-13-5-2-6-14-32/h7-10,15-16,23-24H,1-6,11-14H2,(H2,29,35)(H2,30,36). The molecule has 0 radical (unpaired) electrons. The molecule has 2 saturated heterocycles. The van der Waals surface area contributed by atoms with E-state index in [1.165, 1.54) is 0 Å². The van der Waals surface area contributed by atoms with Crippen LogP contribution in [-0.2, 0) is 9.59 Å². The van der Waals surface area contributed by atoms with Crippen molar-refractivity contribution in [3.8, 4) is 0 Å². The smallest absolute Gasteiger partial charge is 0.239 e. The molecule has 5 rings (SSSR count). The molecular formula is C28H32N4O4. The molecule has 2 aliphatic heterocycles. The van der Waals surface area contributed by atoms with Crippen LogP contribution in [0.15, 0.2) is 36.4 Å². The molecule has 2 heterocycles. The molecule has 0 saturated carbocycles. The number of piperidine rings is 2. The molecule has 2 atom stereocenters. The molecule has 8 nitrogen and oxygen atoms in total. The highest BCUT2D eigenvalue weighted by Gasteiger charge is 2.35. The van der Waals surface area contributed by atoms with Crippen molar-refractivity contribution in [2.75, 3.05) is 26.2 Å². The van der Waals surface area contributed by atoms with Crippen molar-refractivity contribution in [2.45, 2.75) is 50.6 Å². The summed E-state index contributed by atoms with van der Waals surface area (Å²) in [6.07, 6.45) is 6.20. The van der Waals surface area contributed by atoms with Gasteiger partial charge in [-0.1, -0.05) is 25.0 Å². The summed E-state index contributed by atoms with van der Waals surface area (Å²) in [6, 6.07) is 8.72. The third-order valence-corrected chi connectivity index (χ3v) is 7.75. The number of nitrogens with zero attached hydrogens (tertiary/aromatic N) is 2. The van der Waals surface area contributed by atoms with E-state index < -0.39 is 23.9 Å². The Balaban J connectivity index is 1.50. The van der Waals surface area contributed by atoms with E-state index in [1.807, 2.05) is 9.80 Å². The van der Waals surface area contributed by atoms with Gasteiger partial charge in [-0.05, 0) is 87.3 Å². The molecule has 1 aliphatic carbocycles. The van der Waals surface area contributed by atoms with Gasteiger partial charge in [0.15, 0.2) is 11.6 Å². The molecule has 8 heteroatoms. The highest BCUT2D eigenvalue weighted by Crippen LogP contribution is 2.34. The Bertz CT molecular complexity index is 1130. The number of hydrogen-bond acceptors (Lipinski definition) is 6. The number of ketones is 2. The Morgan fingerprint density at radius 1 is 0.583 bits per heavy atom. The molecule has 188 valence electrons. The Hall–Kier alpha value is -3.36. The number of fused-ring (bicyclic) bond motifs is 2. The van der Waals surface area contributed by atoms with Gasteiger partial charge >= 0.3 is 0 Å². The summed E-state index contributed by atoms with van der Waals surface area (Å²) in [7, 11) is 0. The lowest BCUT2D eigenvalue weighted by molar-refractivity contribution is -0.124. The van der Waals surface area contributed by atoms with E-state index in [4.69, 9.17) is 11.5 Å². The van der Waals surface area contributed by atoms with Gasteiger partial charge in [0.05, 0.1) is 0 Å². The molecule has 2 amide bonds. The van der Waals surface area contributed by atoms with Crippen LogP contribution in [0.3, 0.4) is 0 Å². The number of hydrogen-bond donors (Lipinski definition) is 2. The molecule has 2 unspecified atom stereocenters. The van der Waals surface area contributed by atoms with Crippen LogP contribution >= 0.6 is 0 Å². The molecule has 2 fully saturated rings. The molecule has 36 heavy (non-hydrogen) atoms. The number of likely N-dealkylation sites (tertiary alicyclic amines) is 2. The number of amides is 2. The van der Waals surface area contributed by atoms with E-state index in [1.54, 1.807) is 36.4 Å². The monoisotopic (exact) mass is 488 g/mol. The number of carbonyl (C=O) groups is 4. The van der Waals surface area contributed by atoms with E-state index in [0.29, 0.717) is 22.3 Å². The maximum Gasteiger partial charge on any atom is 0.239 e. The number of primary amides is 2. The van der Waals surface area contributed by atoms with E-state index in [9.17, 15) is 19.2 Å². The van der Waals surface area contributed by atoms with Gasteiger partial charge in [-0.15, -0.1) is 0 Å². The van der Waals surface area contributed by atoms with Crippen LogP contribution in [0.1, 0.15) is 93.6 Å². The highest BCUT2D eigenvalue weighted by molar-refractivity contribution is 6.28. The molecule has 4 N–H and O–H groups in total. The predicted octanol–water partition coefficient (Wildman–Crippen LogP) is 2.49. The average molecular weight is 489 g/mol. The Labute approximate surface area is 210 Å². The van der Waals surface area contributed by atoms with E-state index in [2.05, 4.69) is 0 Å². The second kappa shape index (κ2) is 9.95. The summed E-state index contributed by atoms with van der Waals surface area (Å²) >= 11 is 0. The van der Waals surface area contributed by atoms with Crippen molar-refractivity contribution in [3.05, 3.63) is 69.8 Å². The van der Waals surface area contributed by atoms with Crippen LogP contribution in [0, 0.1) is 0 Å². The van der Waals surface area contributed by atoms with Crippen LogP contribution < -0.4 is 11.5 Å². The second-order valence-electron chi connectivity index (χ2n) is 10.1. The Morgan fingerprint density at radius 2 is 0.944 bits per heavy atom. The maximum absolute atomic E-state index is 13.5. The van der Waals surface area contributed by atoms with E-state index in [-0.39, 0.29) is 22.7 Å². The number of carbonyl (C=O) groups excluding carboxylic acids is 4. The first kappa shape index (κ1) is 24.3. The zero-order valence-electron chi connectivity index (χ0n) is 20.4. The van der Waals surface area contributed by atoms with Gasteiger partial charge in [0.1, 0.15) is 12.1 Å². The first-order valence-corrected chi connectivity index (χ1v) is 12.8. The zero-order chi connectivity index (χ0) is 25.4. The zero-order valence-corrected chi connectivity index (χ0v) is 20.4. The topological polar surface area (TPSA) is 127 Å². The van der Waals surface area contributed by atoms with Crippen molar-refractivity contribution in [1.29, 1.82) is 0 Å². The van der Waals surface area contributed by atoms with Crippen LogP contribution in [0.4, 0.5) is 0 Å². The lowest BCUT2D eigenvalue weighted by atomic mass is 9.81. The normalized spacial score (nSPS) is 20.3. The van der Waals surface area contributed by atoms with Gasteiger partial charge in [-0.3, -0.25) is 29.0 Å². The maximum atomic E-state index is 13.5. The second-order valence-corrected chi connectivity index (χ2v) is 10.1. The minimum absolute atomic E-state index is 0.275. The molecule has 2 aromatic rings. The first-order valence-electron chi connectivity index (χ1n) is 12.8. The largest absolute Gasteiger partial charge is 0.368 e. The Kier molecular flexibility index (Phi) is 6.73. The summed E-state index contributed by atoms with van der Waals surface area (Å²) in [6.45, 7) is 3.06. The summed E-state index contributed by atoms with van der Waals surface area (Å²) in [5.74, 6) is -1.48.